The zero-order valence-corrected chi connectivity index (χ0v) is 13.6. The molecule has 118 valence electrons. The van der Waals surface area contributed by atoms with Crippen LogP contribution in [-0.2, 0) is 4.74 Å². The molecule has 2 aromatic carbocycles. The van der Waals surface area contributed by atoms with Crippen molar-refractivity contribution in [2.24, 2.45) is 0 Å². The number of methoxy groups -OCH3 is 1. The lowest BCUT2D eigenvalue weighted by Crippen LogP contribution is -2.22. The molecule has 23 heavy (non-hydrogen) atoms. The lowest BCUT2D eigenvalue weighted by atomic mass is 10.1. The zero-order valence-electron chi connectivity index (χ0n) is 12.8. The van der Waals surface area contributed by atoms with Gasteiger partial charge >= 0.3 is 6.09 Å². The number of benzene rings is 2. The summed E-state index contributed by atoms with van der Waals surface area (Å²) in [7, 11) is 3.12. The largest absolute Gasteiger partial charge is 0.496 e. The predicted molar refractivity (Wildman–Crippen MR) is 90.0 cm³/mol. The maximum absolute atomic E-state index is 11.8. The first-order chi connectivity index (χ1) is 11.2. The molecule has 0 aliphatic heterocycles. The summed E-state index contributed by atoms with van der Waals surface area (Å²) in [4.78, 5) is 16.4. The van der Waals surface area contributed by atoms with Gasteiger partial charge in [0, 0.05) is 12.6 Å². The highest BCUT2D eigenvalue weighted by Crippen LogP contribution is 2.36. The van der Waals surface area contributed by atoms with Crippen LogP contribution in [0.15, 0.2) is 48.5 Å². The van der Waals surface area contributed by atoms with Crippen LogP contribution in [0.25, 0.3) is 10.2 Å². The fourth-order valence-electron chi connectivity index (χ4n) is 2.30. The highest BCUT2D eigenvalue weighted by Gasteiger charge is 2.25. The number of amides is 1. The molecule has 1 heterocycles. The van der Waals surface area contributed by atoms with Crippen molar-refractivity contribution in [3.8, 4) is 5.75 Å². The number of hydrogen-bond acceptors (Lipinski definition) is 5. The molecule has 0 saturated carbocycles. The molecule has 1 N–H and O–H groups in total. The monoisotopic (exact) mass is 328 g/mol. The average molecular weight is 328 g/mol. The number of nitrogens with one attached hydrogen (secondary N) is 1. The fraction of sp³-hybridized carbons (Fsp3) is 0.176. The summed E-state index contributed by atoms with van der Waals surface area (Å²) in [6, 6.07) is 15.3. The average Bonchev–Trinajstić information content (AvgIpc) is 3.03. The van der Waals surface area contributed by atoms with Gasteiger partial charge in [-0.1, -0.05) is 30.3 Å². The molecule has 1 aromatic heterocycles. The minimum atomic E-state index is -0.622. The zero-order chi connectivity index (χ0) is 16.2. The fourth-order valence-corrected chi connectivity index (χ4v) is 3.31. The number of ether oxygens (including phenoxy) is 2. The Balaban J connectivity index is 2.09. The lowest BCUT2D eigenvalue weighted by molar-refractivity contribution is 0.117. The van der Waals surface area contributed by atoms with Crippen molar-refractivity contribution in [3.63, 3.8) is 0 Å². The van der Waals surface area contributed by atoms with E-state index in [1.807, 2.05) is 48.5 Å². The third-order valence-electron chi connectivity index (χ3n) is 3.39. The summed E-state index contributed by atoms with van der Waals surface area (Å²) >= 11 is 1.50. The Kier molecular flexibility index (Phi) is 4.43. The lowest BCUT2D eigenvalue weighted by Gasteiger charge is -2.18. The van der Waals surface area contributed by atoms with Crippen molar-refractivity contribution < 1.29 is 14.3 Å². The van der Waals surface area contributed by atoms with Crippen molar-refractivity contribution in [3.05, 3.63) is 59.1 Å². The van der Waals surface area contributed by atoms with E-state index >= 15 is 0 Å². The van der Waals surface area contributed by atoms with E-state index in [9.17, 15) is 4.79 Å². The minimum absolute atomic E-state index is 0.514. The highest BCUT2D eigenvalue weighted by molar-refractivity contribution is 7.18. The van der Waals surface area contributed by atoms with Crippen LogP contribution in [0.4, 0.5) is 4.79 Å². The maximum Gasteiger partial charge on any atom is 0.407 e. The van der Waals surface area contributed by atoms with Gasteiger partial charge in [0.25, 0.3) is 0 Å². The molecule has 0 fully saturated rings. The summed E-state index contributed by atoms with van der Waals surface area (Å²) in [5.74, 6) is 0.653. The Morgan fingerprint density at radius 3 is 2.65 bits per heavy atom. The van der Waals surface area contributed by atoms with Crippen LogP contribution in [-0.4, -0.2) is 25.2 Å². The Hall–Kier alpha value is -2.60. The smallest absolute Gasteiger partial charge is 0.407 e. The molecule has 0 aliphatic rings. The van der Waals surface area contributed by atoms with E-state index in [1.165, 1.54) is 18.4 Å². The molecular formula is C17H16N2O3S. The molecule has 3 aromatic rings. The number of carbonyl (C=O) groups excluding carboxylic acids is 1. The summed E-state index contributed by atoms with van der Waals surface area (Å²) in [5.41, 5.74) is 1.64. The molecule has 0 bridgehead atoms. The third-order valence-corrected chi connectivity index (χ3v) is 4.46. The van der Waals surface area contributed by atoms with Crippen LogP contribution in [0, 0.1) is 0 Å². The molecule has 3 rings (SSSR count). The van der Waals surface area contributed by atoms with Crippen molar-refractivity contribution in [1.29, 1.82) is 0 Å². The van der Waals surface area contributed by atoms with Gasteiger partial charge in [-0.2, -0.15) is 0 Å². The van der Waals surface area contributed by atoms with E-state index in [4.69, 9.17) is 9.47 Å². The normalized spacial score (nSPS) is 11.9. The topological polar surface area (TPSA) is 60.5 Å². The SMILES string of the molecule is CNC(=O)OC(c1nc2ccccc2s1)c1ccccc1OC. The number of hydrogen-bond donors (Lipinski definition) is 1. The van der Waals surface area contributed by atoms with E-state index in [1.54, 1.807) is 7.11 Å². The van der Waals surface area contributed by atoms with Gasteiger partial charge in [-0.3, -0.25) is 0 Å². The second kappa shape index (κ2) is 6.66. The molecule has 5 nitrogen and oxygen atoms in total. The second-order valence-electron chi connectivity index (χ2n) is 4.80. The quantitative estimate of drug-likeness (QED) is 0.792. The van der Waals surface area contributed by atoms with E-state index in [0.29, 0.717) is 10.8 Å². The molecule has 0 radical (unpaired) electrons. The maximum atomic E-state index is 11.8. The molecule has 1 amide bonds. The predicted octanol–water partition coefficient (Wildman–Crippen LogP) is 3.75. The van der Waals surface area contributed by atoms with Gasteiger partial charge in [-0.25, -0.2) is 9.78 Å². The summed E-state index contributed by atoms with van der Waals surface area (Å²) in [6.07, 6.45) is -1.14. The molecule has 1 atom stereocenters. The number of thiazole rings is 1. The van der Waals surface area contributed by atoms with E-state index in [-0.39, 0.29) is 0 Å². The van der Waals surface area contributed by atoms with E-state index < -0.39 is 12.2 Å². The number of rotatable bonds is 4. The van der Waals surface area contributed by atoms with Crippen LogP contribution in [0.2, 0.25) is 0 Å². The number of para-hydroxylation sites is 2. The second-order valence-corrected chi connectivity index (χ2v) is 5.86. The number of fused-ring (bicyclic) bond motifs is 1. The van der Waals surface area contributed by atoms with Crippen LogP contribution in [0.1, 0.15) is 16.7 Å². The Morgan fingerprint density at radius 1 is 1.17 bits per heavy atom. The first-order valence-corrected chi connectivity index (χ1v) is 7.91. The van der Waals surface area contributed by atoms with Crippen molar-refractivity contribution in [1.82, 2.24) is 10.3 Å². The molecule has 1 unspecified atom stereocenters. The van der Waals surface area contributed by atoms with Gasteiger partial charge in [0.2, 0.25) is 0 Å². The van der Waals surface area contributed by atoms with E-state index in [0.717, 1.165) is 15.8 Å². The summed E-state index contributed by atoms with van der Waals surface area (Å²) in [5, 5.41) is 3.19. The third kappa shape index (κ3) is 3.12. The van der Waals surface area contributed by atoms with Gasteiger partial charge in [0.15, 0.2) is 6.10 Å². The molecule has 0 saturated heterocycles. The van der Waals surface area contributed by atoms with Gasteiger partial charge < -0.3 is 14.8 Å². The van der Waals surface area contributed by atoms with Gasteiger partial charge in [0.1, 0.15) is 10.8 Å². The minimum Gasteiger partial charge on any atom is -0.496 e. The Morgan fingerprint density at radius 2 is 1.91 bits per heavy atom. The number of carbonyl (C=O) groups is 1. The molecule has 0 aliphatic carbocycles. The molecule has 6 heteroatoms. The standard InChI is InChI=1S/C17H16N2O3S/c1-18-17(20)22-15(11-7-3-5-9-13(11)21-2)16-19-12-8-4-6-10-14(12)23-16/h3-10,15H,1-2H3,(H,18,20). The van der Waals surface area contributed by atoms with Crippen molar-refractivity contribution >= 4 is 27.6 Å². The first-order valence-electron chi connectivity index (χ1n) is 7.09. The van der Waals surface area contributed by atoms with Crippen LogP contribution >= 0.6 is 11.3 Å². The van der Waals surface area contributed by atoms with Gasteiger partial charge in [0.05, 0.1) is 17.3 Å². The van der Waals surface area contributed by atoms with E-state index in [2.05, 4.69) is 10.3 Å². The molecule has 0 spiro atoms. The number of nitrogens with zero attached hydrogens (tertiary/aromatic N) is 1. The van der Waals surface area contributed by atoms with Crippen LogP contribution < -0.4 is 10.1 Å². The first kappa shape index (κ1) is 15.3. The van der Waals surface area contributed by atoms with Gasteiger partial charge in [-0.15, -0.1) is 11.3 Å². The Labute approximate surface area is 137 Å². The highest BCUT2D eigenvalue weighted by atomic mass is 32.1. The van der Waals surface area contributed by atoms with Gasteiger partial charge in [-0.05, 0) is 18.2 Å². The Bertz CT molecular complexity index is 798. The summed E-state index contributed by atoms with van der Waals surface area (Å²) in [6.45, 7) is 0. The van der Waals surface area contributed by atoms with Crippen molar-refractivity contribution in [2.45, 2.75) is 6.10 Å². The van der Waals surface area contributed by atoms with Crippen molar-refractivity contribution in [2.75, 3.05) is 14.2 Å². The van der Waals surface area contributed by atoms with Crippen LogP contribution in [0.5, 0.6) is 5.75 Å². The number of aromatic nitrogens is 1. The number of alkyl carbamates (subject to hydrolysis) is 1. The summed E-state index contributed by atoms with van der Waals surface area (Å²) < 4.78 is 12.0. The van der Waals surface area contributed by atoms with Crippen LogP contribution in [0.3, 0.4) is 0 Å². The molecular weight excluding hydrogens is 312 g/mol.